The van der Waals surface area contributed by atoms with Gasteiger partial charge in [0.1, 0.15) is 0 Å². The molecule has 0 saturated carbocycles. The smallest absolute Gasteiger partial charge is 0.258 e. The van der Waals surface area contributed by atoms with E-state index in [1.54, 1.807) is 6.07 Å². The Kier molecular flexibility index (Phi) is 8.05. The highest BCUT2D eigenvalue weighted by Gasteiger charge is 2.25. The molecule has 0 atom stereocenters. The molecule has 0 aliphatic carbocycles. The molecule has 0 radical (unpaired) electrons. The molecule has 1 aliphatic heterocycles. The first-order valence-corrected chi connectivity index (χ1v) is 11.1. The number of nitrogens with two attached hydrogens (primary N) is 1. The van der Waals surface area contributed by atoms with Crippen molar-refractivity contribution in [2.75, 3.05) is 18.4 Å². The fourth-order valence-electron chi connectivity index (χ4n) is 4.08. The van der Waals surface area contributed by atoms with Gasteiger partial charge in [0.15, 0.2) is 0 Å². The Labute approximate surface area is 173 Å². The van der Waals surface area contributed by atoms with Gasteiger partial charge < -0.3 is 11.1 Å². The van der Waals surface area contributed by atoms with Crippen LogP contribution in [0.1, 0.15) is 84.9 Å². The van der Waals surface area contributed by atoms with Crippen LogP contribution in [0.15, 0.2) is 30.3 Å². The number of rotatable bonds is 13. The van der Waals surface area contributed by atoms with Crippen LogP contribution in [0.25, 0.3) is 10.8 Å². The van der Waals surface area contributed by atoms with E-state index in [2.05, 4.69) is 10.6 Å². The molecule has 29 heavy (non-hydrogen) atoms. The lowest BCUT2D eigenvalue weighted by molar-refractivity contribution is 0.0845. The van der Waals surface area contributed by atoms with Gasteiger partial charge >= 0.3 is 0 Å². The average molecular weight is 396 g/mol. The number of hydrogen-bond donors (Lipinski definition) is 3. The van der Waals surface area contributed by atoms with Gasteiger partial charge in [0, 0.05) is 34.1 Å². The Balaban J connectivity index is 1.41. The summed E-state index contributed by atoms with van der Waals surface area (Å²) in [6.07, 6.45) is 12.7. The van der Waals surface area contributed by atoms with Crippen LogP contribution in [0.2, 0.25) is 0 Å². The lowest BCUT2D eigenvalue weighted by Crippen LogP contribution is -2.34. The number of anilines is 1. The van der Waals surface area contributed by atoms with E-state index < -0.39 is 0 Å². The molecule has 0 saturated heterocycles. The van der Waals surface area contributed by atoms with Gasteiger partial charge in [0.25, 0.3) is 11.8 Å². The van der Waals surface area contributed by atoms with E-state index in [-0.39, 0.29) is 11.8 Å². The van der Waals surface area contributed by atoms with Crippen LogP contribution < -0.4 is 16.4 Å². The van der Waals surface area contributed by atoms with E-state index in [9.17, 15) is 9.59 Å². The minimum Gasteiger partial charge on any atom is -0.385 e. The normalized spacial score (nSPS) is 13.0. The molecule has 2 aromatic carbocycles. The first-order valence-electron chi connectivity index (χ1n) is 11.1. The molecule has 5 nitrogen and oxygen atoms in total. The number of imide groups is 1. The van der Waals surface area contributed by atoms with E-state index in [1.807, 2.05) is 24.3 Å². The highest BCUT2D eigenvalue weighted by Crippen LogP contribution is 2.31. The Morgan fingerprint density at radius 3 is 1.97 bits per heavy atom. The number of carbonyl (C=O) groups excluding carboxylic acids is 2. The Morgan fingerprint density at radius 1 is 0.724 bits per heavy atom. The second kappa shape index (κ2) is 11.0. The first kappa shape index (κ1) is 21.3. The third-order valence-electron chi connectivity index (χ3n) is 5.70. The highest BCUT2D eigenvalue weighted by atomic mass is 16.2. The van der Waals surface area contributed by atoms with Crippen molar-refractivity contribution in [2.24, 2.45) is 5.73 Å². The van der Waals surface area contributed by atoms with E-state index in [1.165, 1.54) is 51.4 Å². The molecule has 0 aromatic heterocycles. The van der Waals surface area contributed by atoms with Gasteiger partial charge in [-0.25, -0.2) is 0 Å². The van der Waals surface area contributed by atoms with Gasteiger partial charge in [-0.1, -0.05) is 63.5 Å². The molecule has 1 heterocycles. The van der Waals surface area contributed by atoms with Crippen LogP contribution in [-0.4, -0.2) is 24.9 Å². The van der Waals surface area contributed by atoms with Crippen molar-refractivity contribution >= 4 is 28.3 Å². The third kappa shape index (κ3) is 5.57. The quantitative estimate of drug-likeness (QED) is 0.329. The zero-order valence-corrected chi connectivity index (χ0v) is 17.3. The molecule has 0 unspecified atom stereocenters. The summed E-state index contributed by atoms with van der Waals surface area (Å²) in [5.74, 6) is -0.630. The fraction of sp³-hybridized carbons (Fsp3) is 0.500. The summed E-state index contributed by atoms with van der Waals surface area (Å²) in [5.41, 5.74) is 7.65. The first-order chi connectivity index (χ1) is 14.2. The molecule has 5 heteroatoms. The summed E-state index contributed by atoms with van der Waals surface area (Å²) in [6, 6.07) is 9.38. The topological polar surface area (TPSA) is 84.2 Å². The van der Waals surface area contributed by atoms with Gasteiger partial charge in [-0.2, -0.15) is 0 Å². The largest absolute Gasteiger partial charge is 0.385 e. The molecule has 0 fully saturated rings. The summed E-state index contributed by atoms with van der Waals surface area (Å²) < 4.78 is 0. The standard InChI is InChI=1S/C24H33N3O2/c25-16-9-7-5-3-1-2-4-6-8-10-17-26-21-15-14-20-22-18(21)12-11-13-19(22)23(28)27-24(20)29/h11-15,26H,1-10,16-17,25H2,(H,27,28,29). The molecule has 4 N–H and O–H groups in total. The number of unbranched alkanes of at least 4 members (excludes halogenated alkanes) is 9. The zero-order chi connectivity index (χ0) is 20.5. The van der Waals surface area contributed by atoms with Crippen molar-refractivity contribution in [3.05, 3.63) is 41.5 Å². The van der Waals surface area contributed by atoms with E-state index in [4.69, 9.17) is 5.73 Å². The Hall–Kier alpha value is -2.40. The molecule has 0 spiro atoms. The van der Waals surface area contributed by atoms with Crippen molar-refractivity contribution in [2.45, 2.75) is 64.2 Å². The maximum atomic E-state index is 12.1. The molecule has 1 aliphatic rings. The number of hydrogen-bond acceptors (Lipinski definition) is 4. The summed E-state index contributed by atoms with van der Waals surface area (Å²) in [5, 5.41) is 7.61. The van der Waals surface area contributed by atoms with Crippen LogP contribution in [0.5, 0.6) is 0 Å². The molecule has 3 rings (SSSR count). The lowest BCUT2D eigenvalue weighted by Gasteiger charge is -2.19. The summed E-state index contributed by atoms with van der Waals surface area (Å²) >= 11 is 0. The van der Waals surface area contributed by atoms with Gasteiger partial charge in [-0.15, -0.1) is 0 Å². The molecular formula is C24H33N3O2. The SMILES string of the molecule is NCCCCCCCCCCCCNc1ccc2c3c(cccc13)C(=O)NC2=O. The monoisotopic (exact) mass is 395 g/mol. The molecule has 0 bridgehead atoms. The zero-order valence-electron chi connectivity index (χ0n) is 17.3. The Bertz CT molecular complexity index is 827. The van der Waals surface area contributed by atoms with Crippen molar-refractivity contribution in [1.82, 2.24) is 5.32 Å². The summed E-state index contributed by atoms with van der Waals surface area (Å²) in [6.45, 7) is 1.72. The minimum absolute atomic E-state index is 0.315. The number of nitrogens with one attached hydrogen (secondary N) is 2. The Morgan fingerprint density at radius 2 is 1.31 bits per heavy atom. The van der Waals surface area contributed by atoms with Gasteiger partial charge in [0.05, 0.1) is 0 Å². The molecule has 2 amide bonds. The van der Waals surface area contributed by atoms with Gasteiger partial charge in [0.2, 0.25) is 0 Å². The van der Waals surface area contributed by atoms with Crippen LogP contribution in [-0.2, 0) is 0 Å². The van der Waals surface area contributed by atoms with Crippen LogP contribution in [0.4, 0.5) is 5.69 Å². The van der Waals surface area contributed by atoms with Crippen LogP contribution in [0.3, 0.4) is 0 Å². The maximum Gasteiger partial charge on any atom is 0.258 e. The van der Waals surface area contributed by atoms with Gasteiger partial charge in [-0.05, 0) is 37.6 Å². The highest BCUT2D eigenvalue weighted by molar-refractivity contribution is 6.26. The van der Waals surface area contributed by atoms with Crippen LogP contribution in [0, 0.1) is 0 Å². The molecule has 156 valence electrons. The maximum absolute atomic E-state index is 12.1. The van der Waals surface area contributed by atoms with Gasteiger partial charge in [-0.3, -0.25) is 14.9 Å². The van der Waals surface area contributed by atoms with Crippen LogP contribution >= 0.6 is 0 Å². The lowest BCUT2D eigenvalue weighted by atomic mass is 9.94. The number of amides is 2. The van der Waals surface area contributed by atoms with E-state index >= 15 is 0 Å². The fourth-order valence-corrected chi connectivity index (χ4v) is 4.08. The van der Waals surface area contributed by atoms with E-state index in [0.717, 1.165) is 42.4 Å². The van der Waals surface area contributed by atoms with Crippen molar-refractivity contribution < 1.29 is 9.59 Å². The summed E-state index contributed by atoms with van der Waals surface area (Å²) in [7, 11) is 0. The number of benzene rings is 2. The number of carbonyl (C=O) groups is 2. The molecular weight excluding hydrogens is 362 g/mol. The third-order valence-corrected chi connectivity index (χ3v) is 5.70. The summed E-state index contributed by atoms with van der Waals surface area (Å²) in [4.78, 5) is 24.2. The van der Waals surface area contributed by atoms with Crippen molar-refractivity contribution in [3.8, 4) is 0 Å². The predicted molar refractivity (Wildman–Crippen MR) is 119 cm³/mol. The predicted octanol–water partition coefficient (Wildman–Crippen LogP) is 5.00. The van der Waals surface area contributed by atoms with Crippen molar-refractivity contribution in [3.63, 3.8) is 0 Å². The van der Waals surface area contributed by atoms with Crippen molar-refractivity contribution in [1.29, 1.82) is 0 Å². The van der Waals surface area contributed by atoms with E-state index in [0.29, 0.717) is 11.1 Å². The second-order valence-corrected chi connectivity index (χ2v) is 7.92. The minimum atomic E-state index is -0.315. The molecule has 2 aromatic rings. The second-order valence-electron chi connectivity index (χ2n) is 7.92. The average Bonchev–Trinajstić information content (AvgIpc) is 2.73.